The lowest BCUT2D eigenvalue weighted by Crippen LogP contribution is -2.03. The average molecular weight is 231 g/mol. The van der Waals surface area contributed by atoms with Crippen LogP contribution < -0.4 is 5.90 Å². The molecule has 1 aromatic carbocycles. The summed E-state index contributed by atoms with van der Waals surface area (Å²) in [7, 11) is 2.01. The fourth-order valence-corrected chi connectivity index (χ4v) is 1.75. The van der Waals surface area contributed by atoms with Crippen LogP contribution >= 0.6 is 0 Å². The molecule has 0 amide bonds. The molecule has 0 atom stereocenters. The molecule has 0 radical (unpaired) electrons. The van der Waals surface area contributed by atoms with Crippen molar-refractivity contribution in [1.29, 1.82) is 0 Å². The summed E-state index contributed by atoms with van der Waals surface area (Å²) in [5.41, 5.74) is 2.50. The molecule has 0 aliphatic heterocycles. The molecule has 4 nitrogen and oxygen atoms in total. The van der Waals surface area contributed by atoms with Crippen LogP contribution in [0.25, 0.3) is 0 Å². The summed E-state index contributed by atoms with van der Waals surface area (Å²) < 4.78 is 2.04. The van der Waals surface area contributed by atoms with Crippen LogP contribution in [0.3, 0.4) is 0 Å². The molecule has 0 aliphatic rings. The molecular weight excluding hydrogens is 214 g/mol. The highest BCUT2D eigenvalue weighted by Crippen LogP contribution is 2.09. The second-order valence-electron chi connectivity index (χ2n) is 4.07. The van der Waals surface area contributed by atoms with Crippen LogP contribution in [0.1, 0.15) is 17.0 Å². The Bertz CT molecular complexity index is 462. The maximum atomic E-state index is 5.00. The molecule has 4 heteroatoms. The van der Waals surface area contributed by atoms with Gasteiger partial charge in [-0.2, -0.15) is 0 Å². The Balaban J connectivity index is 2.01. The number of aryl methyl sites for hydroxylation is 1. The van der Waals surface area contributed by atoms with E-state index in [4.69, 9.17) is 5.90 Å². The Morgan fingerprint density at radius 3 is 2.53 bits per heavy atom. The number of rotatable bonds is 5. The van der Waals surface area contributed by atoms with E-state index >= 15 is 0 Å². The third-order valence-corrected chi connectivity index (χ3v) is 2.81. The molecule has 0 unspecified atom stereocenters. The predicted octanol–water partition coefficient (Wildman–Crippen LogP) is 1.44. The lowest BCUT2D eigenvalue weighted by atomic mass is 10.1. The van der Waals surface area contributed by atoms with E-state index in [0.717, 1.165) is 18.7 Å². The molecule has 17 heavy (non-hydrogen) atoms. The van der Waals surface area contributed by atoms with Gasteiger partial charge < -0.3 is 9.40 Å². The first kappa shape index (κ1) is 11.8. The molecule has 0 saturated carbocycles. The van der Waals surface area contributed by atoms with Gasteiger partial charge in [0.25, 0.3) is 0 Å². The number of imidazole rings is 1. The van der Waals surface area contributed by atoms with E-state index in [0.29, 0.717) is 6.61 Å². The van der Waals surface area contributed by atoms with Gasteiger partial charge in [-0.15, -0.1) is 0 Å². The highest BCUT2D eigenvalue weighted by Gasteiger charge is 2.01. The van der Waals surface area contributed by atoms with Gasteiger partial charge in [0.15, 0.2) is 0 Å². The minimum Gasteiger partial charge on any atom is -0.338 e. The van der Waals surface area contributed by atoms with E-state index in [1.165, 1.54) is 11.1 Å². The van der Waals surface area contributed by atoms with Gasteiger partial charge in [-0.05, 0) is 17.5 Å². The quantitative estimate of drug-likeness (QED) is 0.792. The van der Waals surface area contributed by atoms with Gasteiger partial charge in [-0.3, -0.25) is 0 Å². The van der Waals surface area contributed by atoms with Crippen molar-refractivity contribution < 1.29 is 4.84 Å². The molecule has 2 rings (SSSR count). The van der Waals surface area contributed by atoms with Crippen LogP contribution in [0.15, 0.2) is 36.7 Å². The number of aromatic nitrogens is 2. The number of hydrogen-bond donors (Lipinski definition) is 1. The zero-order valence-corrected chi connectivity index (χ0v) is 9.97. The van der Waals surface area contributed by atoms with Crippen molar-refractivity contribution in [1.82, 2.24) is 9.55 Å². The maximum absolute atomic E-state index is 5.00. The first-order valence-corrected chi connectivity index (χ1v) is 5.65. The Hall–Kier alpha value is -1.65. The highest BCUT2D eigenvalue weighted by atomic mass is 16.6. The molecule has 1 heterocycles. The lowest BCUT2D eigenvalue weighted by Gasteiger charge is -2.04. The van der Waals surface area contributed by atoms with E-state index in [1.54, 1.807) is 0 Å². The first-order chi connectivity index (χ1) is 8.29. The summed E-state index contributed by atoms with van der Waals surface area (Å²) in [6.45, 7) is 0.554. The van der Waals surface area contributed by atoms with Gasteiger partial charge in [0, 0.05) is 25.9 Å². The van der Waals surface area contributed by atoms with E-state index < -0.39 is 0 Å². The Morgan fingerprint density at radius 2 is 1.94 bits per heavy atom. The van der Waals surface area contributed by atoms with E-state index in [9.17, 15) is 0 Å². The number of benzene rings is 1. The minimum absolute atomic E-state index is 0.554. The number of nitrogens with zero attached hydrogens (tertiary/aromatic N) is 2. The smallest absolute Gasteiger partial charge is 0.112 e. The zero-order valence-electron chi connectivity index (χ0n) is 9.97. The molecule has 0 spiro atoms. The van der Waals surface area contributed by atoms with Gasteiger partial charge >= 0.3 is 0 Å². The standard InChI is InChI=1S/C13H17N3O/c1-16-8-7-15-13(16)10-12-4-2-11(3-5-12)6-9-17-14/h2-5,7-8H,6,9-10,14H2,1H3. The predicted molar refractivity (Wildman–Crippen MR) is 66.3 cm³/mol. The maximum Gasteiger partial charge on any atom is 0.112 e. The van der Waals surface area contributed by atoms with Crippen molar-refractivity contribution in [3.63, 3.8) is 0 Å². The van der Waals surface area contributed by atoms with Gasteiger partial charge in [0.05, 0.1) is 6.61 Å². The monoisotopic (exact) mass is 231 g/mol. The molecule has 90 valence electrons. The Kier molecular flexibility index (Phi) is 3.90. The third-order valence-electron chi connectivity index (χ3n) is 2.81. The minimum atomic E-state index is 0.554. The number of nitrogens with two attached hydrogens (primary N) is 1. The summed E-state index contributed by atoms with van der Waals surface area (Å²) in [6.07, 6.45) is 5.49. The van der Waals surface area contributed by atoms with E-state index in [1.807, 2.05) is 24.0 Å². The van der Waals surface area contributed by atoms with Crippen molar-refractivity contribution in [2.24, 2.45) is 12.9 Å². The molecule has 2 N–H and O–H groups in total. The molecule has 0 aliphatic carbocycles. The lowest BCUT2D eigenvalue weighted by molar-refractivity contribution is 0.141. The fourth-order valence-electron chi connectivity index (χ4n) is 1.75. The van der Waals surface area contributed by atoms with Crippen molar-refractivity contribution in [3.8, 4) is 0 Å². The summed E-state index contributed by atoms with van der Waals surface area (Å²) in [5, 5.41) is 0. The van der Waals surface area contributed by atoms with Crippen molar-refractivity contribution >= 4 is 0 Å². The Morgan fingerprint density at radius 1 is 1.24 bits per heavy atom. The van der Waals surface area contributed by atoms with Gasteiger partial charge in [-0.1, -0.05) is 24.3 Å². The largest absolute Gasteiger partial charge is 0.338 e. The molecular formula is C13H17N3O. The van der Waals surface area contributed by atoms with E-state index in [2.05, 4.69) is 34.1 Å². The average Bonchev–Trinajstić information content (AvgIpc) is 2.74. The summed E-state index contributed by atoms with van der Waals surface area (Å²) in [6, 6.07) is 8.47. The first-order valence-electron chi connectivity index (χ1n) is 5.65. The molecule has 0 bridgehead atoms. The zero-order chi connectivity index (χ0) is 12.1. The van der Waals surface area contributed by atoms with Crippen molar-refractivity contribution in [2.45, 2.75) is 12.8 Å². The second kappa shape index (κ2) is 5.61. The number of hydrogen-bond acceptors (Lipinski definition) is 3. The highest BCUT2D eigenvalue weighted by molar-refractivity contribution is 5.25. The van der Waals surface area contributed by atoms with Crippen LogP contribution in [0.2, 0.25) is 0 Å². The van der Waals surface area contributed by atoms with Crippen LogP contribution in [-0.4, -0.2) is 16.2 Å². The summed E-state index contributed by atoms with van der Waals surface area (Å²) in [5.74, 6) is 6.07. The fraction of sp³-hybridized carbons (Fsp3) is 0.308. The normalized spacial score (nSPS) is 10.7. The Labute approximate surface area is 101 Å². The third kappa shape index (κ3) is 3.15. The van der Waals surface area contributed by atoms with Gasteiger partial charge in [0.2, 0.25) is 0 Å². The van der Waals surface area contributed by atoms with Crippen LogP contribution in [-0.2, 0) is 24.7 Å². The second-order valence-corrected chi connectivity index (χ2v) is 4.07. The van der Waals surface area contributed by atoms with Crippen LogP contribution in [0.5, 0.6) is 0 Å². The van der Waals surface area contributed by atoms with Crippen molar-refractivity contribution in [3.05, 3.63) is 53.6 Å². The summed E-state index contributed by atoms with van der Waals surface area (Å²) in [4.78, 5) is 8.87. The van der Waals surface area contributed by atoms with Crippen molar-refractivity contribution in [2.75, 3.05) is 6.61 Å². The summed E-state index contributed by atoms with van der Waals surface area (Å²) >= 11 is 0. The van der Waals surface area contributed by atoms with E-state index in [-0.39, 0.29) is 0 Å². The van der Waals surface area contributed by atoms with Gasteiger partial charge in [-0.25, -0.2) is 10.9 Å². The SMILES string of the molecule is Cn1ccnc1Cc1ccc(CCON)cc1. The topological polar surface area (TPSA) is 53.1 Å². The van der Waals surface area contributed by atoms with Gasteiger partial charge in [0.1, 0.15) is 5.82 Å². The molecule has 2 aromatic rings. The molecule has 1 aromatic heterocycles. The van der Waals surface area contributed by atoms with Crippen LogP contribution in [0, 0.1) is 0 Å². The van der Waals surface area contributed by atoms with Crippen LogP contribution in [0.4, 0.5) is 0 Å². The molecule has 0 fully saturated rings. The molecule has 0 saturated heterocycles.